The molecule has 0 aromatic heterocycles. The normalized spacial score (nSPS) is 12.0. The van der Waals surface area contributed by atoms with Crippen LogP contribution in [0.5, 0.6) is 0 Å². The van der Waals surface area contributed by atoms with Gasteiger partial charge in [-0.3, -0.25) is 19.2 Å². The minimum absolute atomic E-state index is 0.0558. The van der Waals surface area contributed by atoms with Gasteiger partial charge in [-0.05, 0) is 46.5 Å². The van der Waals surface area contributed by atoms with Crippen LogP contribution in [0.3, 0.4) is 0 Å². The molecule has 0 radical (unpaired) electrons. The Kier molecular flexibility index (Phi) is 33.4. The van der Waals surface area contributed by atoms with Crippen molar-refractivity contribution in [2.75, 3.05) is 65.9 Å². The maximum atomic E-state index is 12.9. The minimum atomic E-state index is -1.12. The van der Waals surface area contributed by atoms with Crippen molar-refractivity contribution < 1.29 is 52.8 Å². The smallest absolute Gasteiger partial charge is 0.329 e. The summed E-state index contributed by atoms with van der Waals surface area (Å²) in [5.41, 5.74) is -0.666. The summed E-state index contributed by atoms with van der Waals surface area (Å²) in [7, 11) is 0. The number of amides is 2. The number of carbonyl (C=O) groups excluding carboxylic acids is 4. The number of rotatable bonds is 38. The van der Waals surface area contributed by atoms with Gasteiger partial charge in [-0.1, -0.05) is 84.0 Å². The lowest BCUT2D eigenvalue weighted by Crippen LogP contribution is -2.31. The molecule has 13 nitrogen and oxygen atoms in total. The average Bonchev–Trinajstić information content (AvgIpc) is 3.09. The first kappa shape index (κ1) is 50.4. The lowest BCUT2D eigenvalue weighted by atomic mass is 9.94. The van der Waals surface area contributed by atoms with E-state index in [9.17, 15) is 24.0 Å². The third kappa shape index (κ3) is 37.5. The lowest BCUT2D eigenvalue weighted by molar-refractivity contribution is -0.161. The van der Waals surface area contributed by atoms with Gasteiger partial charge in [-0.25, -0.2) is 4.79 Å². The summed E-state index contributed by atoms with van der Waals surface area (Å²) in [5.74, 6) is -2.66. The molecule has 3 N–H and O–H groups in total. The quantitative estimate of drug-likeness (QED) is 0.0474. The number of ether oxygens (including phenoxy) is 5. The van der Waals surface area contributed by atoms with Gasteiger partial charge >= 0.3 is 11.9 Å². The summed E-state index contributed by atoms with van der Waals surface area (Å²) < 4.78 is 26.7. The summed E-state index contributed by atoms with van der Waals surface area (Å²) in [6.07, 6.45) is 18.4. The number of carbonyl (C=O) groups is 5. The topological polar surface area (TPSA) is 176 Å². The Morgan fingerprint density at radius 1 is 0.566 bits per heavy atom. The monoisotopic (exact) mass is 759 g/mol. The van der Waals surface area contributed by atoms with E-state index in [2.05, 4.69) is 17.6 Å². The van der Waals surface area contributed by atoms with Crippen molar-refractivity contribution in [2.45, 2.75) is 155 Å². The van der Waals surface area contributed by atoms with Crippen molar-refractivity contribution in [1.29, 1.82) is 0 Å². The molecule has 0 rings (SSSR count). The van der Waals surface area contributed by atoms with Crippen LogP contribution in [-0.2, 0) is 47.7 Å². The zero-order chi connectivity index (χ0) is 39.4. The predicted molar refractivity (Wildman–Crippen MR) is 205 cm³/mol. The van der Waals surface area contributed by atoms with Gasteiger partial charge in [-0.15, -0.1) is 0 Å². The molecule has 0 aromatic rings. The van der Waals surface area contributed by atoms with Crippen molar-refractivity contribution in [2.24, 2.45) is 5.92 Å². The van der Waals surface area contributed by atoms with E-state index in [1.165, 1.54) is 64.2 Å². The van der Waals surface area contributed by atoms with E-state index in [1.54, 1.807) is 20.8 Å². The van der Waals surface area contributed by atoms with Gasteiger partial charge in [0.1, 0.15) is 24.6 Å². The molecule has 53 heavy (non-hydrogen) atoms. The largest absolute Gasteiger partial charge is 0.480 e. The second-order valence-electron chi connectivity index (χ2n) is 14.6. The Morgan fingerprint density at radius 2 is 1.04 bits per heavy atom. The van der Waals surface area contributed by atoms with E-state index >= 15 is 0 Å². The van der Waals surface area contributed by atoms with Crippen molar-refractivity contribution in [3.63, 3.8) is 0 Å². The maximum Gasteiger partial charge on any atom is 0.329 e. The van der Waals surface area contributed by atoms with Gasteiger partial charge in [0, 0.05) is 45.6 Å². The van der Waals surface area contributed by atoms with Crippen LogP contribution < -0.4 is 10.6 Å². The highest BCUT2D eigenvalue weighted by molar-refractivity contribution is 5.85. The van der Waals surface area contributed by atoms with Crippen molar-refractivity contribution >= 4 is 29.5 Å². The zero-order valence-corrected chi connectivity index (χ0v) is 33.6. The maximum absolute atomic E-state index is 12.9. The van der Waals surface area contributed by atoms with Crippen molar-refractivity contribution in [1.82, 2.24) is 10.6 Å². The summed E-state index contributed by atoms with van der Waals surface area (Å²) >= 11 is 0. The van der Waals surface area contributed by atoms with E-state index in [-0.39, 0.29) is 43.5 Å². The van der Waals surface area contributed by atoms with Crippen LogP contribution in [-0.4, -0.2) is 106 Å². The fraction of sp³-hybridized carbons (Fsp3) is 0.875. The van der Waals surface area contributed by atoms with Gasteiger partial charge < -0.3 is 39.4 Å². The Hall–Kier alpha value is -2.61. The van der Waals surface area contributed by atoms with E-state index in [4.69, 9.17) is 28.8 Å². The van der Waals surface area contributed by atoms with Crippen LogP contribution in [0.25, 0.3) is 0 Å². The van der Waals surface area contributed by atoms with E-state index < -0.39 is 30.1 Å². The SMILES string of the molecule is CCCCCCCCCCCCCCCC(=O)CC(CCC(=O)NCCCOCCOCCOCCCNC(=O)COCC(=O)O)C(=O)OC(C)(C)C. The first-order valence-electron chi connectivity index (χ1n) is 20.2. The highest BCUT2D eigenvalue weighted by atomic mass is 16.6. The minimum Gasteiger partial charge on any atom is -0.480 e. The summed E-state index contributed by atoms with van der Waals surface area (Å²) in [5, 5.41) is 13.9. The number of carboxylic acid groups (broad SMARTS) is 1. The second kappa shape index (κ2) is 35.1. The Labute approximate surface area is 319 Å². The van der Waals surface area contributed by atoms with Crippen LogP contribution in [0.1, 0.15) is 150 Å². The van der Waals surface area contributed by atoms with Crippen molar-refractivity contribution in [3.05, 3.63) is 0 Å². The van der Waals surface area contributed by atoms with Crippen LogP contribution in [0, 0.1) is 5.92 Å². The molecule has 0 aliphatic rings. The molecule has 0 heterocycles. The van der Waals surface area contributed by atoms with Crippen LogP contribution in [0.4, 0.5) is 0 Å². The molecule has 0 saturated heterocycles. The fourth-order valence-corrected chi connectivity index (χ4v) is 5.43. The number of carboxylic acids is 1. The Morgan fingerprint density at radius 3 is 1.53 bits per heavy atom. The van der Waals surface area contributed by atoms with Crippen LogP contribution in [0.15, 0.2) is 0 Å². The van der Waals surface area contributed by atoms with Crippen LogP contribution in [0.2, 0.25) is 0 Å². The number of esters is 1. The third-order valence-corrected chi connectivity index (χ3v) is 8.27. The second-order valence-corrected chi connectivity index (χ2v) is 14.6. The molecule has 0 aliphatic carbocycles. The van der Waals surface area contributed by atoms with Gasteiger partial charge in [0.25, 0.3) is 0 Å². The van der Waals surface area contributed by atoms with Crippen molar-refractivity contribution in [3.8, 4) is 0 Å². The predicted octanol–water partition coefficient (Wildman–Crippen LogP) is 6.33. The number of aliphatic carboxylic acids is 1. The highest BCUT2D eigenvalue weighted by Gasteiger charge is 2.27. The molecule has 13 heteroatoms. The molecule has 0 aromatic carbocycles. The van der Waals surface area contributed by atoms with Gasteiger partial charge in [0.05, 0.1) is 32.3 Å². The number of hydrogen-bond acceptors (Lipinski definition) is 10. The number of nitrogens with one attached hydrogen (secondary N) is 2. The Balaban J connectivity index is 3.96. The van der Waals surface area contributed by atoms with E-state index in [0.717, 1.165) is 19.3 Å². The Bertz CT molecular complexity index is 955. The summed E-state index contributed by atoms with van der Waals surface area (Å²) in [6, 6.07) is 0. The molecule has 0 aliphatic heterocycles. The van der Waals surface area contributed by atoms with Gasteiger partial charge in [0.15, 0.2) is 0 Å². The summed E-state index contributed by atoms with van der Waals surface area (Å²) in [4.78, 5) is 59.9. The molecule has 1 atom stereocenters. The molecule has 0 saturated carbocycles. The van der Waals surface area contributed by atoms with E-state index in [1.807, 2.05) is 0 Å². The molecule has 0 spiro atoms. The first-order chi connectivity index (χ1) is 25.4. The first-order valence-corrected chi connectivity index (χ1v) is 20.2. The summed E-state index contributed by atoms with van der Waals surface area (Å²) in [6.45, 7) is 10.2. The highest BCUT2D eigenvalue weighted by Crippen LogP contribution is 2.20. The molecule has 2 amide bonds. The zero-order valence-electron chi connectivity index (χ0n) is 33.6. The molecule has 0 fully saturated rings. The third-order valence-electron chi connectivity index (χ3n) is 8.27. The standard InChI is InChI=1S/C40H74N2O11/c1-5-6-7-8-9-10-11-12-13-14-15-16-17-20-35(43)31-34(39(48)53-40(2,3)4)21-22-36(44)41-23-18-25-49-27-29-51-30-28-50-26-19-24-42-37(45)32-52-33-38(46)47/h34H,5-33H2,1-4H3,(H,41,44)(H,42,45)(H,46,47). The molecule has 310 valence electrons. The lowest BCUT2D eigenvalue weighted by Gasteiger charge is -2.23. The number of Topliss-reactive ketones (excluding diaryl/α,β-unsaturated/α-hetero) is 1. The molecule has 0 bridgehead atoms. The fourth-order valence-electron chi connectivity index (χ4n) is 5.43. The number of hydrogen-bond donors (Lipinski definition) is 3. The van der Waals surface area contributed by atoms with E-state index in [0.29, 0.717) is 72.0 Å². The number of unbranched alkanes of at least 4 members (excludes halogenated alkanes) is 12. The average molecular weight is 759 g/mol. The molecule has 1 unspecified atom stereocenters. The number of ketones is 1. The molecular formula is C40H74N2O11. The molecular weight excluding hydrogens is 684 g/mol. The van der Waals surface area contributed by atoms with Gasteiger partial charge in [0.2, 0.25) is 11.8 Å². The van der Waals surface area contributed by atoms with Gasteiger partial charge in [-0.2, -0.15) is 0 Å². The van der Waals surface area contributed by atoms with Crippen LogP contribution >= 0.6 is 0 Å².